The third-order valence-electron chi connectivity index (χ3n) is 16.8. The first kappa shape index (κ1) is 55.4. The predicted octanol–water partition coefficient (Wildman–Crippen LogP) is 9.99. The van der Waals surface area contributed by atoms with Crippen LogP contribution in [0.5, 0.6) is 23.1 Å². The van der Waals surface area contributed by atoms with E-state index in [4.69, 9.17) is 14.2 Å². The number of ether oxygens (including phenoxy) is 3. The average molecular weight is 1110 g/mol. The minimum absolute atomic E-state index is 0.0291. The zero-order chi connectivity index (χ0) is 55.8. The molecule has 0 bridgehead atoms. The van der Waals surface area contributed by atoms with Gasteiger partial charge in [-0.2, -0.15) is 4.98 Å². The Kier molecular flexibility index (Phi) is 15.9. The van der Waals surface area contributed by atoms with E-state index in [0.717, 1.165) is 76.1 Å². The molecule has 3 aromatic heterocycles. The molecule has 1 spiro atoms. The number of alkyl halides is 1. The summed E-state index contributed by atoms with van der Waals surface area (Å²) in [6.07, 6.45) is 6.47. The van der Waals surface area contributed by atoms with Crippen LogP contribution >= 0.6 is 0 Å². The van der Waals surface area contributed by atoms with E-state index >= 15 is 4.39 Å². The second-order valence-electron chi connectivity index (χ2n) is 22.3. The SMILES string of the molecule is COc1ccc(CN2CCN(C3CC4(CCN(c5ccc(C(=O)NS(=O)(=O)c6cnc(NCC7(F)CCN(C(C)C)CC7)c([N+](=O)[O-])c6)c(Oc6cc7c(F)c[nH]c7nc6OC)c5)CC4)C3)[C@H](c3ccccc3C(C)C)C2)cc1. The van der Waals surface area contributed by atoms with Crippen LogP contribution < -0.4 is 29.1 Å². The number of anilines is 2. The highest BCUT2D eigenvalue weighted by Crippen LogP contribution is 2.53. The minimum Gasteiger partial charge on any atom is -0.497 e. The molecule has 10 rings (SSSR count). The van der Waals surface area contributed by atoms with E-state index in [1.54, 1.807) is 19.2 Å². The fourth-order valence-electron chi connectivity index (χ4n) is 12.1. The van der Waals surface area contributed by atoms with Gasteiger partial charge < -0.3 is 34.3 Å². The number of halogens is 2. The van der Waals surface area contributed by atoms with Crippen LogP contribution in [0.4, 0.5) is 26.0 Å². The monoisotopic (exact) mass is 1100 g/mol. The number of nitrogens with zero attached hydrogens (tertiary/aromatic N) is 7. The number of benzene rings is 3. The second kappa shape index (κ2) is 22.7. The summed E-state index contributed by atoms with van der Waals surface area (Å²) in [6, 6.07) is 25.1. The lowest BCUT2D eigenvalue weighted by molar-refractivity contribution is -0.384. The number of hydrogen-bond acceptors (Lipinski definition) is 15. The molecule has 4 aliphatic rings. The Morgan fingerprint density at radius 2 is 1.65 bits per heavy atom. The minimum atomic E-state index is -4.81. The molecular weight excluding hydrogens is 1030 g/mol. The number of aromatic amines is 1. The normalized spacial score (nSPS) is 19.2. The number of methoxy groups -OCH3 is 2. The lowest BCUT2D eigenvalue weighted by Gasteiger charge is -2.58. The van der Waals surface area contributed by atoms with Crippen LogP contribution in [0.1, 0.15) is 105 Å². The van der Waals surface area contributed by atoms with Gasteiger partial charge in [0, 0.05) is 101 Å². The van der Waals surface area contributed by atoms with Crippen LogP contribution in [0.2, 0.25) is 0 Å². The average Bonchev–Trinajstić information content (AvgIpc) is 3.94. The molecular formula is C58H70F2N10O8S. The van der Waals surface area contributed by atoms with Crippen molar-refractivity contribution >= 4 is 44.2 Å². The van der Waals surface area contributed by atoms with E-state index in [1.165, 1.54) is 35.9 Å². The molecule has 1 amide bonds. The van der Waals surface area contributed by atoms with Crippen molar-refractivity contribution in [3.05, 3.63) is 129 Å². The number of carbonyl (C=O) groups excluding carboxylic acids is 1. The van der Waals surface area contributed by atoms with Gasteiger partial charge in [-0.05, 0) is 105 Å². The summed E-state index contributed by atoms with van der Waals surface area (Å²) in [7, 11) is -1.76. The molecule has 6 heterocycles. The number of sulfonamides is 1. The zero-order valence-electron chi connectivity index (χ0n) is 45.6. The summed E-state index contributed by atoms with van der Waals surface area (Å²) >= 11 is 0. The van der Waals surface area contributed by atoms with Gasteiger partial charge in [-0.15, -0.1) is 0 Å². The molecule has 6 aromatic rings. The molecule has 3 aliphatic heterocycles. The molecule has 1 atom stereocenters. The number of likely N-dealkylation sites (tertiary alicyclic amines) is 1. The summed E-state index contributed by atoms with van der Waals surface area (Å²) in [5.74, 6) is -0.941. The van der Waals surface area contributed by atoms with Gasteiger partial charge in [-0.3, -0.25) is 24.7 Å². The number of hydrogen-bond donors (Lipinski definition) is 3. The molecule has 3 aromatic carbocycles. The molecule has 0 unspecified atom stereocenters. The highest BCUT2D eigenvalue weighted by Gasteiger charge is 2.50. The maximum atomic E-state index is 15.8. The van der Waals surface area contributed by atoms with Crippen LogP contribution in [0.25, 0.3) is 11.0 Å². The van der Waals surface area contributed by atoms with Gasteiger partial charge in [0.2, 0.25) is 5.82 Å². The van der Waals surface area contributed by atoms with Crippen LogP contribution in [0, 0.1) is 21.3 Å². The smallest absolute Gasteiger partial charge is 0.312 e. The molecule has 420 valence electrons. The van der Waals surface area contributed by atoms with Crippen LogP contribution in [0.3, 0.4) is 0 Å². The number of carbonyl (C=O) groups is 1. The van der Waals surface area contributed by atoms with Crippen molar-refractivity contribution in [2.75, 3.05) is 76.8 Å². The van der Waals surface area contributed by atoms with E-state index in [1.807, 2.05) is 30.7 Å². The number of pyridine rings is 2. The standard InChI is InChI=1S/C58H70F2N10O8S/c1-37(2)44-9-7-8-10-45(44)50-35-66(34-39-11-14-42(76-5)15-12-39)25-26-69(50)41-30-57(31-41)17-21-68(22-18-57)40-13-16-46(51(27-40)78-52-29-47-48(59)33-62-53(47)64-56(52)77-6)55(71)65-79(74,75)43-28-49(70(72)73)54(61-32-43)63-36-58(60)19-23-67(24-20-58)38(3)4/h7-16,27-29,32-33,37-38,41,50H,17-26,30-31,34-36H2,1-6H3,(H,61,63)(H,62,64)(H,65,71)/t50-/m0/s1. The third-order valence-corrected chi connectivity index (χ3v) is 18.1. The van der Waals surface area contributed by atoms with Gasteiger partial charge in [0.15, 0.2) is 5.75 Å². The first-order chi connectivity index (χ1) is 37.8. The molecule has 21 heteroatoms. The molecule has 1 saturated carbocycles. The molecule has 3 N–H and O–H groups in total. The van der Waals surface area contributed by atoms with E-state index in [-0.39, 0.29) is 76.7 Å². The Hall–Kier alpha value is -6.94. The lowest BCUT2D eigenvalue weighted by atomic mass is 9.59. The van der Waals surface area contributed by atoms with E-state index < -0.39 is 42.9 Å². The van der Waals surface area contributed by atoms with Gasteiger partial charge in [0.1, 0.15) is 33.5 Å². The third kappa shape index (κ3) is 11.9. The quantitative estimate of drug-likeness (QED) is 0.0542. The second-order valence-corrected chi connectivity index (χ2v) is 24.0. The van der Waals surface area contributed by atoms with E-state index in [2.05, 4.69) is 90.1 Å². The maximum absolute atomic E-state index is 15.8. The number of rotatable bonds is 18. The van der Waals surface area contributed by atoms with Crippen LogP contribution in [-0.4, -0.2) is 133 Å². The maximum Gasteiger partial charge on any atom is 0.312 e. The molecule has 3 saturated heterocycles. The van der Waals surface area contributed by atoms with E-state index in [9.17, 15) is 27.7 Å². The fraction of sp³-hybridized carbons (Fsp3) is 0.466. The van der Waals surface area contributed by atoms with Crippen LogP contribution in [0.15, 0.2) is 96.2 Å². The number of piperidine rings is 2. The Bertz CT molecular complexity index is 3300. The molecule has 18 nitrogen and oxygen atoms in total. The van der Waals surface area contributed by atoms with Gasteiger partial charge in [-0.25, -0.2) is 26.9 Å². The molecule has 1 aliphatic carbocycles. The van der Waals surface area contributed by atoms with Gasteiger partial charge >= 0.3 is 5.69 Å². The Labute approximate surface area is 460 Å². The van der Waals surface area contributed by atoms with Crippen molar-refractivity contribution in [2.45, 2.75) is 107 Å². The zero-order valence-corrected chi connectivity index (χ0v) is 46.5. The Balaban J connectivity index is 0.854. The van der Waals surface area contributed by atoms with Gasteiger partial charge in [-0.1, -0.05) is 50.2 Å². The largest absolute Gasteiger partial charge is 0.497 e. The van der Waals surface area contributed by atoms with Crippen molar-refractivity contribution in [3.63, 3.8) is 0 Å². The van der Waals surface area contributed by atoms with Crippen molar-refractivity contribution in [1.29, 1.82) is 0 Å². The van der Waals surface area contributed by atoms with Gasteiger partial charge in [0.25, 0.3) is 21.8 Å². The summed E-state index contributed by atoms with van der Waals surface area (Å²) in [6.45, 7) is 14.5. The van der Waals surface area contributed by atoms with Crippen molar-refractivity contribution in [2.24, 2.45) is 5.41 Å². The summed E-state index contributed by atoms with van der Waals surface area (Å²) in [5, 5.41) is 15.1. The van der Waals surface area contributed by atoms with Crippen molar-refractivity contribution in [3.8, 4) is 23.1 Å². The number of nitro groups is 1. The molecule has 0 radical (unpaired) electrons. The van der Waals surface area contributed by atoms with Gasteiger partial charge in [0.05, 0.1) is 42.8 Å². The Morgan fingerprint density at radius 1 is 0.911 bits per heavy atom. The van der Waals surface area contributed by atoms with E-state index in [0.29, 0.717) is 43.8 Å². The highest BCUT2D eigenvalue weighted by atomic mass is 32.2. The van der Waals surface area contributed by atoms with Crippen LogP contribution in [-0.2, 0) is 16.6 Å². The van der Waals surface area contributed by atoms with Crippen molar-refractivity contribution in [1.82, 2.24) is 34.4 Å². The number of nitrogens with one attached hydrogen (secondary N) is 3. The number of fused-ring (bicyclic) bond motifs is 1. The number of aromatic nitrogens is 3. The number of amides is 1. The lowest BCUT2D eigenvalue weighted by Crippen LogP contribution is -2.60. The summed E-state index contributed by atoms with van der Waals surface area (Å²) in [5.41, 5.74) is 2.53. The Morgan fingerprint density at radius 3 is 2.33 bits per heavy atom. The van der Waals surface area contributed by atoms with Crippen molar-refractivity contribution < 1.29 is 41.1 Å². The first-order valence-electron chi connectivity index (χ1n) is 27.2. The summed E-state index contributed by atoms with van der Waals surface area (Å²) < 4.78 is 77.9. The molecule has 79 heavy (non-hydrogen) atoms. The number of H-pyrrole nitrogens is 1. The molecule has 4 fully saturated rings. The topological polar surface area (TPSA) is 201 Å². The number of piperazine rings is 1. The fourth-order valence-corrected chi connectivity index (χ4v) is 13.0. The predicted molar refractivity (Wildman–Crippen MR) is 298 cm³/mol. The highest BCUT2D eigenvalue weighted by molar-refractivity contribution is 7.90. The summed E-state index contributed by atoms with van der Waals surface area (Å²) in [4.78, 5) is 45.9. The first-order valence-corrected chi connectivity index (χ1v) is 28.7.